The van der Waals surface area contributed by atoms with Gasteiger partial charge in [0.25, 0.3) is 0 Å². The van der Waals surface area contributed by atoms with E-state index < -0.39 is 11.9 Å². The lowest BCUT2D eigenvalue weighted by molar-refractivity contribution is -0.140. The number of unbranched alkanes of at least 4 members (excludes halogenated alkanes) is 3. The predicted octanol–water partition coefficient (Wildman–Crippen LogP) is 5.89. The zero-order valence-electron chi connectivity index (χ0n) is 18.6. The zero-order valence-corrected chi connectivity index (χ0v) is 18.6. The van der Waals surface area contributed by atoms with E-state index in [4.69, 9.17) is 4.98 Å². The normalized spacial score (nSPS) is 12.1. The Hall–Kier alpha value is -3.08. The fraction of sp³-hybridized carbons (Fsp3) is 0.385. The van der Waals surface area contributed by atoms with Crippen LogP contribution in [0.2, 0.25) is 0 Å². The van der Waals surface area contributed by atoms with E-state index in [0.29, 0.717) is 6.54 Å². The lowest BCUT2D eigenvalue weighted by Crippen LogP contribution is -2.29. The third-order valence-electron chi connectivity index (χ3n) is 5.72. The number of nitrogens with zero attached hydrogens (tertiary/aromatic N) is 2. The molecule has 2 aromatic carbocycles. The number of rotatable bonds is 10. The Morgan fingerprint density at radius 1 is 1.06 bits per heavy atom. The largest absolute Gasteiger partial charge is 0.508 e. The van der Waals surface area contributed by atoms with Crippen LogP contribution in [0.1, 0.15) is 45.1 Å². The average Bonchev–Trinajstić information content (AvgIpc) is 2.76. The van der Waals surface area contributed by atoms with Gasteiger partial charge in [-0.1, -0.05) is 51.3 Å². The molecule has 5 heteroatoms. The molecule has 1 aromatic heterocycles. The van der Waals surface area contributed by atoms with Crippen LogP contribution in [0.15, 0.2) is 48.5 Å². The second-order valence-corrected chi connectivity index (χ2v) is 8.36. The highest BCUT2D eigenvalue weighted by molar-refractivity contribution is 5.96. The van der Waals surface area contributed by atoms with Gasteiger partial charge in [-0.3, -0.25) is 4.79 Å². The summed E-state index contributed by atoms with van der Waals surface area (Å²) in [6, 6.07) is 15.6. The van der Waals surface area contributed by atoms with Crippen LogP contribution in [0.5, 0.6) is 5.75 Å². The molecule has 0 aliphatic carbocycles. The van der Waals surface area contributed by atoms with Crippen molar-refractivity contribution in [2.24, 2.45) is 5.92 Å². The van der Waals surface area contributed by atoms with Crippen LogP contribution < -0.4 is 4.90 Å². The number of pyridine rings is 1. The number of carboxylic acid groups (broad SMARTS) is 1. The fourth-order valence-corrected chi connectivity index (χ4v) is 3.83. The van der Waals surface area contributed by atoms with Crippen molar-refractivity contribution >= 4 is 22.7 Å². The van der Waals surface area contributed by atoms with Crippen LogP contribution in [-0.4, -0.2) is 34.8 Å². The number of hydrogen-bond donors (Lipinski definition) is 2. The molecule has 0 aliphatic heterocycles. The van der Waals surface area contributed by atoms with Crippen LogP contribution in [-0.2, 0) is 11.2 Å². The monoisotopic (exact) mass is 420 g/mol. The topological polar surface area (TPSA) is 73.7 Å². The fourth-order valence-electron chi connectivity index (χ4n) is 3.83. The molecule has 0 saturated heterocycles. The van der Waals surface area contributed by atoms with Crippen molar-refractivity contribution in [3.05, 3.63) is 54.1 Å². The molecule has 5 nitrogen and oxygen atoms in total. The SMILES string of the molecule is CCCCCCc1ccc2nc(N(C)CC(C)C(=O)O)cc(-c3ccc(O)cc3)c2c1. The van der Waals surface area contributed by atoms with Crippen LogP contribution in [0, 0.1) is 5.92 Å². The lowest BCUT2D eigenvalue weighted by atomic mass is 9.97. The van der Waals surface area contributed by atoms with E-state index in [1.165, 1.54) is 31.2 Å². The number of fused-ring (bicyclic) bond motifs is 1. The van der Waals surface area contributed by atoms with E-state index in [1.54, 1.807) is 19.1 Å². The van der Waals surface area contributed by atoms with E-state index >= 15 is 0 Å². The summed E-state index contributed by atoms with van der Waals surface area (Å²) in [5, 5.41) is 20.1. The first-order chi connectivity index (χ1) is 14.9. The second-order valence-electron chi connectivity index (χ2n) is 8.36. The maximum atomic E-state index is 11.3. The Morgan fingerprint density at radius 3 is 2.48 bits per heavy atom. The molecule has 2 N–H and O–H groups in total. The smallest absolute Gasteiger partial charge is 0.308 e. The molecule has 0 aliphatic rings. The molecule has 1 atom stereocenters. The minimum Gasteiger partial charge on any atom is -0.508 e. The van der Waals surface area contributed by atoms with E-state index in [-0.39, 0.29) is 5.75 Å². The minimum atomic E-state index is -0.820. The quantitative estimate of drug-likeness (QED) is 0.400. The second kappa shape index (κ2) is 10.3. The summed E-state index contributed by atoms with van der Waals surface area (Å²) in [6.45, 7) is 4.29. The molecular formula is C26H32N2O3. The number of aryl methyl sites for hydroxylation is 1. The number of carbonyl (C=O) groups is 1. The zero-order chi connectivity index (χ0) is 22.4. The van der Waals surface area contributed by atoms with Crippen LogP contribution in [0.4, 0.5) is 5.82 Å². The van der Waals surface area contributed by atoms with Crippen molar-refractivity contribution in [2.45, 2.75) is 46.0 Å². The third-order valence-corrected chi connectivity index (χ3v) is 5.72. The van der Waals surface area contributed by atoms with Gasteiger partial charge in [0.05, 0.1) is 11.4 Å². The Morgan fingerprint density at radius 2 is 1.81 bits per heavy atom. The molecular weight excluding hydrogens is 388 g/mol. The van der Waals surface area contributed by atoms with E-state index in [1.807, 2.05) is 30.1 Å². The van der Waals surface area contributed by atoms with E-state index in [0.717, 1.165) is 34.3 Å². The van der Waals surface area contributed by atoms with Crippen LogP contribution >= 0.6 is 0 Å². The van der Waals surface area contributed by atoms with Crippen molar-refractivity contribution in [1.82, 2.24) is 4.98 Å². The average molecular weight is 421 g/mol. The standard InChI is InChI=1S/C26H32N2O3/c1-4-5-6-7-8-19-9-14-24-23(15-19)22(20-10-12-21(29)13-11-20)16-25(27-24)28(3)17-18(2)26(30)31/h9-16,18,29H,4-8,17H2,1-3H3,(H,30,31). The number of anilines is 1. The number of aromatic nitrogens is 1. The van der Waals surface area contributed by atoms with Crippen LogP contribution in [0.25, 0.3) is 22.0 Å². The molecule has 3 rings (SSSR count). The Bertz CT molecular complexity index is 1030. The number of phenols is 1. The Kier molecular flexibility index (Phi) is 7.50. The summed E-state index contributed by atoms with van der Waals surface area (Å²) in [4.78, 5) is 18.0. The number of phenolic OH excluding ortho intramolecular Hbond substituents is 1. The first kappa shape index (κ1) is 22.6. The van der Waals surface area contributed by atoms with Gasteiger partial charge in [-0.2, -0.15) is 0 Å². The van der Waals surface area contributed by atoms with Crippen LogP contribution in [0.3, 0.4) is 0 Å². The molecule has 31 heavy (non-hydrogen) atoms. The van der Waals surface area contributed by atoms with Gasteiger partial charge in [0.15, 0.2) is 0 Å². The van der Waals surface area contributed by atoms with E-state index in [9.17, 15) is 15.0 Å². The highest BCUT2D eigenvalue weighted by Crippen LogP contribution is 2.33. The minimum absolute atomic E-state index is 0.228. The summed E-state index contributed by atoms with van der Waals surface area (Å²) in [5.74, 6) is -0.352. The van der Waals surface area contributed by atoms with Gasteiger partial charge < -0.3 is 15.1 Å². The highest BCUT2D eigenvalue weighted by atomic mass is 16.4. The van der Waals surface area contributed by atoms with Gasteiger partial charge >= 0.3 is 5.97 Å². The summed E-state index contributed by atoms with van der Waals surface area (Å²) in [6.07, 6.45) is 5.95. The lowest BCUT2D eigenvalue weighted by Gasteiger charge is -2.22. The van der Waals surface area contributed by atoms with Gasteiger partial charge in [-0.05, 0) is 59.9 Å². The number of aliphatic carboxylic acids is 1. The summed E-state index contributed by atoms with van der Waals surface area (Å²) < 4.78 is 0. The van der Waals surface area contributed by atoms with Crippen molar-refractivity contribution in [1.29, 1.82) is 0 Å². The molecule has 0 spiro atoms. The number of aromatic hydroxyl groups is 1. The molecule has 1 heterocycles. The van der Waals surface area contributed by atoms with Gasteiger partial charge in [0.2, 0.25) is 0 Å². The summed E-state index contributed by atoms with van der Waals surface area (Å²) >= 11 is 0. The van der Waals surface area contributed by atoms with Gasteiger partial charge in [0.1, 0.15) is 11.6 Å². The number of carboxylic acids is 1. The predicted molar refractivity (Wildman–Crippen MR) is 127 cm³/mol. The third kappa shape index (κ3) is 5.75. The summed E-state index contributed by atoms with van der Waals surface area (Å²) in [5.41, 5.74) is 4.21. The maximum Gasteiger partial charge on any atom is 0.308 e. The molecule has 0 amide bonds. The number of hydrogen-bond acceptors (Lipinski definition) is 4. The van der Waals surface area contributed by atoms with Crippen molar-refractivity contribution in [3.8, 4) is 16.9 Å². The van der Waals surface area contributed by atoms with Gasteiger partial charge in [-0.25, -0.2) is 4.98 Å². The Labute approximate surface area is 184 Å². The molecule has 164 valence electrons. The van der Waals surface area contributed by atoms with Crippen molar-refractivity contribution in [2.75, 3.05) is 18.5 Å². The van der Waals surface area contributed by atoms with Crippen molar-refractivity contribution < 1.29 is 15.0 Å². The first-order valence-corrected chi connectivity index (χ1v) is 11.1. The summed E-state index contributed by atoms with van der Waals surface area (Å²) in [7, 11) is 1.87. The van der Waals surface area contributed by atoms with Crippen molar-refractivity contribution in [3.63, 3.8) is 0 Å². The molecule has 0 radical (unpaired) electrons. The van der Waals surface area contributed by atoms with Gasteiger partial charge in [-0.15, -0.1) is 0 Å². The first-order valence-electron chi connectivity index (χ1n) is 11.1. The molecule has 1 unspecified atom stereocenters. The highest BCUT2D eigenvalue weighted by Gasteiger charge is 2.17. The molecule has 3 aromatic rings. The number of benzene rings is 2. The Balaban J connectivity index is 2.02. The molecule has 0 bridgehead atoms. The molecule has 0 saturated carbocycles. The van der Waals surface area contributed by atoms with E-state index in [2.05, 4.69) is 25.1 Å². The molecule has 0 fully saturated rings. The maximum absolute atomic E-state index is 11.3. The van der Waals surface area contributed by atoms with Gasteiger partial charge in [0, 0.05) is 19.0 Å².